The number of hydrogen-bond donors (Lipinski definition) is 5. The molecule has 3 aromatic heterocycles. The largest absolute Gasteiger partial charge is 0.368 e. The van der Waals surface area contributed by atoms with Crippen molar-refractivity contribution < 1.29 is 0 Å². The number of nitrogen functional groups attached to an aromatic ring is 4. The minimum absolute atomic E-state index is 0.0542. The summed E-state index contributed by atoms with van der Waals surface area (Å²) in [7, 11) is 0. The molecule has 0 aromatic carbocycles. The molecule has 0 radical (unpaired) electrons. The van der Waals surface area contributed by atoms with Gasteiger partial charge in [0.1, 0.15) is 11.6 Å². The van der Waals surface area contributed by atoms with E-state index in [0.29, 0.717) is 0 Å². The molecule has 0 saturated heterocycles. The summed E-state index contributed by atoms with van der Waals surface area (Å²) in [4.78, 5) is 61.6. The van der Waals surface area contributed by atoms with E-state index in [9.17, 15) is 14.4 Å². The smallest absolute Gasteiger partial charge is 0.336 e. The van der Waals surface area contributed by atoms with Crippen LogP contribution in [0, 0.1) is 0 Å². The summed E-state index contributed by atoms with van der Waals surface area (Å²) >= 11 is 0. The van der Waals surface area contributed by atoms with Crippen LogP contribution >= 0.6 is 0 Å². The highest BCUT2D eigenvalue weighted by Crippen LogP contribution is 2.01. The fraction of sp³-hybridized carbons (Fsp3) is 0.308. The molecule has 0 aliphatic rings. The normalized spacial score (nSPS) is 10.9. The van der Waals surface area contributed by atoms with Gasteiger partial charge in [-0.15, -0.1) is 0 Å². The summed E-state index contributed by atoms with van der Waals surface area (Å²) in [6, 6.07) is 0. The number of aromatic nitrogens is 9. The Morgan fingerprint density at radius 2 is 0.966 bits per heavy atom. The zero-order valence-electron chi connectivity index (χ0n) is 14.9. The Morgan fingerprint density at radius 1 is 0.621 bits per heavy atom. The first-order valence-electron chi connectivity index (χ1n) is 8.18. The Morgan fingerprint density at radius 3 is 1.31 bits per heavy atom. The van der Waals surface area contributed by atoms with Crippen molar-refractivity contribution in [1.29, 1.82) is 0 Å². The van der Waals surface area contributed by atoms with E-state index < -0.39 is 17.1 Å². The zero-order valence-corrected chi connectivity index (χ0v) is 14.9. The zero-order chi connectivity index (χ0) is 21.1. The van der Waals surface area contributed by atoms with Crippen LogP contribution in [0.2, 0.25) is 0 Å². The van der Waals surface area contributed by atoms with Crippen molar-refractivity contribution in [3.05, 3.63) is 43.1 Å². The number of hydrogen-bond acceptors (Lipinski definition) is 13. The van der Waals surface area contributed by atoms with Crippen LogP contribution < -0.4 is 40.0 Å². The van der Waals surface area contributed by atoms with Crippen LogP contribution in [0.4, 0.5) is 23.8 Å². The summed E-state index contributed by atoms with van der Waals surface area (Å²) in [5, 5.41) is 0. The number of nitrogens with two attached hydrogens (primary N) is 4. The first-order chi connectivity index (χ1) is 13.7. The van der Waals surface area contributed by atoms with Gasteiger partial charge in [0.05, 0.1) is 0 Å². The summed E-state index contributed by atoms with van der Waals surface area (Å²) in [5.41, 5.74) is 19.4. The molecule has 0 atom stereocenters. The Bertz CT molecular complexity index is 1100. The first-order valence-corrected chi connectivity index (χ1v) is 8.18. The van der Waals surface area contributed by atoms with Gasteiger partial charge in [-0.1, -0.05) is 0 Å². The molecule has 16 heteroatoms. The van der Waals surface area contributed by atoms with E-state index in [1.54, 1.807) is 0 Å². The van der Waals surface area contributed by atoms with Crippen LogP contribution in [0.5, 0.6) is 0 Å². The lowest BCUT2D eigenvalue weighted by Crippen LogP contribution is -2.50. The average Bonchev–Trinajstić information content (AvgIpc) is 2.59. The van der Waals surface area contributed by atoms with Gasteiger partial charge >= 0.3 is 17.1 Å². The maximum Gasteiger partial charge on any atom is 0.336 e. The van der Waals surface area contributed by atoms with Crippen LogP contribution in [0.3, 0.4) is 0 Å². The number of aryl methyl sites for hydroxylation is 2. The standard InChI is InChI=1S/C13H17N13O3/c14-7-18-5(19-8(15)22-7)1-3-25-11(27)24-12(28)26(13(25)29)4-2-6-20-9(16)23-10(17)21-6/h1-4H2,(H,24,27,28)(H4,14,15,18,19,22)(H4,16,17,20,21,23). The van der Waals surface area contributed by atoms with Crippen molar-refractivity contribution in [2.24, 2.45) is 0 Å². The fourth-order valence-corrected chi connectivity index (χ4v) is 2.50. The lowest BCUT2D eigenvalue weighted by molar-refractivity contribution is 0.501. The predicted molar refractivity (Wildman–Crippen MR) is 100 cm³/mol. The molecule has 29 heavy (non-hydrogen) atoms. The third-order valence-electron chi connectivity index (χ3n) is 3.72. The SMILES string of the molecule is Nc1nc(N)nc(CCn2c(=O)[nH]c(=O)n(CCc3nc(N)nc(N)n3)c2=O)n1. The lowest BCUT2D eigenvalue weighted by Gasteiger charge is -2.09. The monoisotopic (exact) mass is 403 g/mol. The Balaban J connectivity index is 1.85. The summed E-state index contributed by atoms with van der Waals surface area (Å²) in [6.07, 6.45) is 0.108. The van der Waals surface area contributed by atoms with Gasteiger partial charge in [-0.2, -0.15) is 29.9 Å². The Hall–Kier alpha value is -4.37. The Labute approximate surface area is 160 Å². The summed E-state index contributed by atoms with van der Waals surface area (Å²) < 4.78 is 1.65. The molecule has 0 aliphatic carbocycles. The number of aromatic amines is 1. The molecule has 16 nitrogen and oxygen atoms in total. The molecule has 3 aromatic rings. The molecule has 0 fully saturated rings. The molecule has 0 spiro atoms. The highest BCUT2D eigenvalue weighted by Gasteiger charge is 2.12. The van der Waals surface area contributed by atoms with Crippen LogP contribution in [0.25, 0.3) is 0 Å². The van der Waals surface area contributed by atoms with E-state index in [-0.39, 0.29) is 61.4 Å². The number of nitrogens with zero attached hydrogens (tertiary/aromatic N) is 8. The van der Waals surface area contributed by atoms with Gasteiger partial charge in [-0.05, 0) is 0 Å². The summed E-state index contributed by atoms with van der Waals surface area (Å²) in [5.74, 6) is 0.0267. The van der Waals surface area contributed by atoms with Gasteiger partial charge in [-0.25, -0.2) is 23.5 Å². The maximum atomic E-state index is 12.6. The van der Waals surface area contributed by atoms with Crippen molar-refractivity contribution in [3.63, 3.8) is 0 Å². The minimum atomic E-state index is -0.875. The van der Waals surface area contributed by atoms with Crippen molar-refractivity contribution >= 4 is 23.8 Å². The van der Waals surface area contributed by atoms with Crippen molar-refractivity contribution in [3.8, 4) is 0 Å². The summed E-state index contributed by atoms with van der Waals surface area (Å²) in [6.45, 7) is -0.244. The molecule has 3 rings (SSSR count). The van der Waals surface area contributed by atoms with Crippen LogP contribution in [-0.2, 0) is 25.9 Å². The highest BCUT2D eigenvalue weighted by atomic mass is 16.2. The fourth-order valence-electron chi connectivity index (χ4n) is 2.50. The van der Waals surface area contributed by atoms with Gasteiger partial charge in [0.25, 0.3) is 0 Å². The van der Waals surface area contributed by atoms with Crippen molar-refractivity contribution in [2.45, 2.75) is 25.9 Å². The minimum Gasteiger partial charge on any atom is -0.368 e. The number of anilines is 4. The quantitative estimate of drug-likeness (QED) is 0.262. The van der Waals surface area contributed by atoms with E-state index in [1.165, 1.54) is 0 Å². The third-order valence-corrected chi connectivity index (χ3v) is 3.72. The molecule has 0 unspecified atom stereocenters. The predicted octanol–water partition coefficient (Wildman–Crippen LogP) is -4.12. The third kappa shape index (κ3) is 4.49. The maximum absolute atomic E-state index is 12.6. The Kier molecular flexibility index (Phi) is 5.15. The molecular weight excluding hydrogens is 386 g/mol. The number of rotatable bonds is 6. The average molecular weight is 403 g/mol. The van der Waals surface area contributed by atoms with E-state index in [0.717, 1.165) is 9.13 Å². The molecule has 9 N–H and O–H groups in total. The van der Waals surface area contributed by atoms with Gasteiger partial charge in [0.2, 0.25) is 23.8 Å². The lowest BCUT2D eigenvalue weighted by atomic mass is 10.4. The number of H-pyrrole nitrogens is 1. The van der Waals surface area contributed by atoms with Gasteiger partial charge in [0, 0.05) is 25.9 Å². The molecule has 3 heterocycles. The second kappa shape index (κ2) is 7.71. The van der Waals surface area contributed by atoms with Crippen LogP contribution in [0.15, 0.2) is 14.4 Å². The van der Waals surface area contributed by atoms with Crippen LogP contribution in [-0.4, -0.2) is 44.0 Å². The first kappa shape index (κ1) is 19.4. The second-order valence-electron chi connectivity index (χ2n) is 5.76. The van der Waals surface area contributed by atoms with E-state index in [1.807, 2.05) is 0 Å². The number of nitrogens with one attached hydrogen (secondary N) is 1. The molecular formula is C13H17N13O3. The van der Waals surface area contributed by atoms with E-state index in [2.05, 4.69) is 34.9 Å². The van der Waals surface area contributed by atoms with Crippen molar-refractivity contribution in [1.82, 2.24) is 44.0 Å². The van der Waals surface area contributed by atoms with Gasteiger partial charge < -0.3 is 22.9 Å². The van der Waals surface area contributed by atoms with Gasteiger partial charge in [0.15, 0.2) is 0 Å². The molecule has 152 valence electrons. The van der Waals surface area contributed by atoms with E-state index >= 15 is 0 Å². The van der Waals surface area contributed by atoms with Crippen LogP contribution in [0.1, 0.15) is 11.6 Å². The highest BCUT2D eigenvalue weighted by molar-refractivity contribution is 5.26. The van der Waals surface area contributed by atoms with Crippen molar-refractivity contribution in [2.75, 3.05) is 22.9 Å². The molecule has 0 saturated carbocycles. The topological polar surface area (TPSA) is 258 Å². The molecule has 0 aliphatic heterocycles. The van der Waals surface area contributed by atoms with Gasteiger partial charge in [-0.3, -0.25) is 4.98 Å². The second-order valence-corrected chi connectivity index (χ2v) is 5.76. The molecule has 0 bridgehead atoms. The molecule has 0 amide bonds. The van der Waals surface area contributed by atoms with E-state index in [4.69, 9.17) is 22.9 Å².